The van der Waals surface area contributed by atoms with Crippen LogP contribution in [-0.4, -0.2) is 35.1 Å². The minimum absolute atomic E-state index is 0.0124. The summed E-state index contributed by atoms with van der Waals surface area (Å²) in [5, 5.41) is 11.3. The van der Waals surface area contributed by atoms with Crippen LogP contribution in [0, 0.1) is 5.41 Å². The number of alkyl halides is 3. The third kappa shape index (κ3) is 3.46. The summed E-state index contributed by atoms with van der Waals surface area (Å²) in [5.74, 6) is -1.75. The molecule has 1 saturated carbocycles. The standard InChI is InChI=1S/C13H13F3N2O4/c14-13(15,16)8-1-2-9(18-7-8)22-6-5-17-10(19)12(3-4-12)11(20)21/h1-2,7H,3-6H2,(H,17,19)(H,20,21). The number of aliphatic carboxylic acids is 1. The third-order valence-corrected chi connectivity index (χ3v) is 3.30. The SMILES string of the molecule is O=C(O)C1(C(=O)NCCOc2ccc(C(F)(F)F)cn2)CC1. The van der Waals surface area contributed by atoms with Gasteiger partial charge >= 0.3 is 12.1 Å². The van der Waals surface area contributed by atoms with Crippen LogP contribution in [0.4, 0.5) is 13.2 Å². The number of aromatic nitrogens is 1. The molecule has 9 heteroatoms. The van der Waals surface area contributed by atoms with Gasteiger partial charge in [-0.2, -0.15) is 13.2 Å². The van der Waals surface area contributed by atoms with E-state index in [1.807, 2.05) is 0 Å². The van der Waals surface area contributed by atoms with E-state index < -0.39 is 29.0 Å². The van der Waals surface area contributed by atoms with Gasteiger partial charge in [-0.15, -0.1) is 0 Å². The minimum atomic E-state index is -4.46. The van der Waals surface area contributed by atoms with E-state index in [4.69, 9.17) is 9.84 Å². The summed E-state index contributed by atoms with van der Waals surface area (Å²) in [6, 6.07) is 1.91. The lowest BCUT2D eigenvalue weighted by molar-refractivity contribution is -0.149. The number of hydrogen-bond acceptors (Lipinski definition) is 4. The summed E-state index contributed by atoms with van der Waals surface area (Å²) in [5.41, 5.74) is -2.21. The molecule has 2 rings (SSSR count). The summed E-state index contributed by atoms with van der Waals surface area (Å²) in [6.45, 7) is 0.0103. The van der Waals surface area contributed by atoms with Gasteiger partial charge in [0.15, 0.2) is 0 Å². The highest BCUT2D eigenvalue weighted by molar-refractivity contribution is 6.04. The van der Waals surface area contributed by atoms with Crippen molar-refractivity contribution in [3.05, 3.63) is 23.9 Å². The number of hydrogen-bond donors (Lipinski definition) is 2. The zero-order valence-corrected chi connectivity index (χ0v) is 11.3. The molecule has 1 heterocycles. The molecule has 0 spiro atoms. The molecule has 1 aliphatic carbocycles. The summed E-state index contributed by atoms with van der Waals surface area (Å²) in [4.78, 5) is 26.0. The Labute approximate surface area is 123 Å². The summed E-state index contributed by atoms with van der Waals surface area (Å²) < 4.78 is 42.0. The number of nitrogens with zero attached hydrogens (tertiary/aromatic N) is 1. The van der Waals surface area contributed by atoms with Crippen LogP contribution in [0.25, 0.3) is 0 Å². The van der Waals surface area contributed by atoms with Gasteiger partial charge in [-0.1, -0.05) is 0 Å². The zero-order valence-electron chi connectivity index (χ0n) is 11.3. The number of carboxylic acid groups (broad SMARTS) is 1. The maximum absolute atomic E-state index is 12.3. The molecule has 0 aliphatic heterocycles. The molecule has 1 fully saturated rings. The quantitative estimate of drug-likeness (QED) is 0.612. The van der Waals surface area contributed by atoms with Crippen LogP contribution < -0.4 is 10.1 Å². The van der Waals surface area contributed by atoms with E-state index in [2.05, 4.69) is 10.3 Å². The monoisotopic (exact) mass is 318 g/mol. The average Bonchev–Trinajstić information content (AvgIpc) is 3.24. The van der Waals surface area contributed by atoms with Crippen molar-refractivity contribution in [1.82, 2.24) is 10.3 Å². The average molecular weight is 318 g/mol. The third-order valence-electron chi connectivity index (χ3n) is 3.30. The minimum Gasteiger partial charge on any atom is -0.480 e. The Kier molecular flexibility index (Phi) is 4.25. The lowest BCUT2D eigenvalue weighted by Gasteiger charge is -2.11. The molecule has 0 radical (unpaired) electrons. The summed E-state index contributed by atoms with van der Waals surface area (Å²) in [6.07, 6.45) is -3.21. The van der Waals surface area contributed by atoms with Gasteiger partial charge in [0.2, 0.25) is 11.8 Å². The van der Waals surface area contributed by atoms with Gasteiger partial charge in [0.1, 0.15) is 12.0 Å². The van der Waals surface area contributed by atoms with Crippen LogP contribution in [0.2, 0.25) is 0 Å². The number of carbonyl (C=O) groups is 2. The molecule has 1 aromatic rings. The highest BCUT2D eigenvalue weighted by Crippen LogP contribution is 2.45. The first-order chi connectivity index (χ1) is 10.3. The van der Waals surface area contributed by atoms with E-state index >= 15 is 0 Å². The van der Waals surface area contributed by atoms with E-state index in [1.165, 1.54) is 0 Å². The number of amides is 1. The van der Waals surface area contributed by atoms with Crippen molar-refractivity contribution >= 4 is 11.9 Å². The lowest BCUT2D eigenvalue weighted by Crippen LogP contribution is -2.38. The van der Waals surface area contributed by atoms with E-state index in [0.717, 1.165) is 12.1 Å². The van der Waals surface area contributed by atoms with E-state index in [1.54, 1.807) is 0 Å². The number of carboxylic acids is 1. The predicted molar refractivity (Wildman–Crippen MR) is 67.0 cm³/mol. The number of nitrogens with one attached hydrogen (secondary N) is 1. The van der Waals surface area contributed by atoms with Gasteiger partial charge in [-0.3, -0.25) is 9.59 Å². The molecule has 2 N–H and O–H groups in total. The molecule has 0 bridgehead atoms. The Morgan fingerprint density at radius 2 is 2.05 bits per heavy atom. The number of ether oxygens (including phenoxy) is 1. The van der Waals surface area contributed by atoms with Crippen LogP contribution in [0.3, 0.4) is 0 Å². The zero-order chi connectivity index (χ0) is 16.4. The normalized spacial score (nSPS) is 16.0. The molecule has 0 aromatic carbocycles. The number of halogens is 3. The first-order valence-electron chi connectivity index (χ1n) is 6.43. The molecular formula is C13H13F3N2O4. The van der Waals surface area contributed by atoms with Gasteiger partial charge in [-0.25, -0.2) is 4.98 Å². The second kappa shape index (κ2) is 5.82. The lowest BCUT2D eigenvalue weighted by atomic mass is 10.1. The first-order valence-corrected chi connectivity index (χ1v) is 6.43. The maximum atomic E-state index is 12.3. The molecule has 0 saturated heterocycles. The first kappa shape index (κ1) is 16.1. The smallest absolute Gasteiger partial charge is 0.417 e. The van der Waals surface area contributed by atoms with Crippen LogP contribution in [-0.2, 0) is 15.8 Å². The van der Waals surface area contributed by atoms with Gasteiger partial charge in [0.05, 0.1) is 12.1 Å². The summed E-state index contributed by atoms with van der Waals surface area (Å²) in [7, 11) is 0. The van der Waals surface area contributed by atoms with Gasteiger partial charge in [-0.05, 0) is 18.9 Å². The predicted octanol–water partition coefficient (Wildman–Crippen LogP) is 1.46. The highest BCUT2D eigenvalue weighted by atomic mass is 19.4. The van der Waals surface area contributed by atoms with Crippen molar-refractivity contribution in [1.29, 1.82) is 0 Å². The number of carbonyl (C=O) groups excluding carboxylic acids is 1. The molecule has 120 valence electrons. The molecule has 22 heavy (non-hydrogen) atoms. The molecule has 6 nitrogen and oxygen atoms in total. The second-order valence-electron chi connectivity index (χ2n) is 4.87. The maximum Gasteiger partial charge on any atom is 0.417 e. The molecule has 1 amide bonds. The van der Waals surface area contributed by atoms with Crippen LogP contribution in [0.1, 0.15) is 18.4 Å². The molecule has 1 aliphatic rings. The van der Waals surface area contributed by atoms with Crippen molar-refractivity contribution in [2.75, 3.05) is 13.2 Å². The van der Waals surface area contributed by atoms with Crippen molar-refractivity contribution in [2.45, 2.75) is 19.0 Å². The number of pyridine rings is 1. The van der Waals surface area contributed by atoms with Crippen LogP contribution >= 0.6 is 0 Å². The Morgan fingerprint density at radius 1 is 1.36 bits per heavy atom. The fraction of sp³-hybridized carbons (Fsp3) is 0.462. The van der Waals surface area contributed by atoms with E-state index in [0.29, 0.717) is 19.0 Å². The molecular weight excluding hydrogens is 305 g/mol. The second-order valence-corrected chi connectivity index (χ2v) is 4.87. The fourth-order valence-electron chi connectivity index (χ4n) is 1.79. The van der Waals surface area contributed by atoms with Gasteiger partial charge in [0, 0.05) is 12.3 Å². The summed E-state index contributed by atoms with van der Waals surface area (Å²) >= 11 is 0. The molecule has 0 unspecified atom stereocenters. The molecule has 0 atom stereocenters. The van der Waals surface area contributed by atoms with Gasteiger partial charge < -0.3 is 15.2 Å². The van der Waals surface area contributed by atoms with Crippen molar-refractivity contribution < 1.29 is 32.6 Å². The molecule has 1 aromatic heterocycles. The van der Waals surface area contributed by atoms with Crippen molar-refractivity contribution in [3.8, 4) is 5.88 Å². The van der Waals surface area contributed by atoms with Gasteiger partial charge in [0.25, 0.3) is 0 Å². The van der Waals surface area contributed by atoms with E-state index in [-0.39, 0.29) is 19.0 Å². The Hall–Kier alpha value is -2.32. The topological polar surface area (TPSA) is 88.5 Å². The van der Waals surface area contributed by atoms with Crippen molar-refractivity contribution in [2.24, 2.45) is 5.41 Å². The van der Waals surface area contributed by atoms with Crippen molar-refractivity contribution in [3.63, 3.8) is 0 Å². The Morgan fingerprint density at radius 3 is 2.50 bits per heavy atom. The highest BCUT2D eigenvalue weighted by Gasteiger charge is 2.56. The Balaban J connectivity index is 1.75. The Bertz CT molecular complexity index is 568. The van der Waals surface area contributed by atoms with E-state index in [9.17, 15) is 22.8 Å². The fourth-order valence-corrected chi connectivity index (χ4v) is 1.79. The largest absolute Gasteiger partial charge is 0.480 e. The van der Waals surface area contributed by atoms with Crippen LogP contribution in [0.15, 0.2) is 18.3 Å². The van der Waals surface area contributed by atoms with Crippen LogP contribution in [0.5, 0.6) is 5.88 Å². The number of rotatable bonds is 6.